The van der Waals surface area contributed by atoms with Gasteiger partial charge in [-0.1, -0.05) is 13.8 Å². The first-order valence-corrected chi connectivity index (χ1v) is 6.05. The molecule has 3 saturated carbocycles. The number of rotatable bonds is 4. The molecule has 0 saturated heterocycles. The van der Waals surface area contributed by atoms with Crippen LogP contribution >= 0.6 is 0 Å². The zero-order valence-corrected chi connectivity index (χ0v) is 10.0. The molecule has 0 unspecified atom stereocenters. The van der Waals surface area contributed by atoms with E-state index in [0.717, 1.165) is 31.3 Å². The van der Waals surface area contributed by atoms with Gasteiger partial charge in [0.25, 0.3) is 0 Å². The van der Waals surface area contributed by atoms with Gasteiger partial charge in [0.05, 0.1) is 0 Å². The van der Waals surface area contributed by atoms with Crippen molar-refractivity contribution >= 4 is 6.29 Å². The van der Waals surface area contributed by atoms with E-state index in [1.54, 1.807) is 7.11 Å². The minimum absolute atomic E-state index is 0.303. The molecule has 0 aromatic heterocycles. The third kappa shape index (κ3) is 1.63. The lowest BCUT2D eigenvalue weighted by Crippen LogP contribution is -2.56. The maximum absolute atomic E-state index is 11.1. The molecule has 0 aromatic carbocycles. The van der Waals surface area contributed by atoms with Crippen molar-refractivity contribution in [1.29, 1.82) is 0 Å². The molecule has 86 valence electrons. The summed E-state index contributed by atoms with van der Waals surface area (Å²) in [6.07, 6.45) is 4.70. The number of carbonyl (C=O) groups excluding carboxylic acids is 1. The molecule has 0 spiro atoms. The predicted octanol–water partition coefficient (Wildman–Crippen LogP) is 2.52. The van der Waals surface area contributed by atoms with Gasteiger partial charge >= 0.3 is 0 Å². The molecular formula is C13H22O2. The molecule has 0 amide bonds. The number of methoxy groups -OCH3 is 1. The summed E-state index contributed by atoms with van der Waals surface area (Å²) in [6, 6.07) is 0. The van der Waals surface area contributed by atoms with Crippen LogP contribution in [-0.2, 0) is 9.53 Å². The van der Waals surface area contributed by atoms with Crippen molar-refractivity contribution in [1.82, 2.24) is 0 Å². The van der Waals surface area contributed by atoms with Crippen LogP contribution < -0.4 is 0 Å². The highest BCUT2D eigenvalue weighted by Gasteiger charge is 2.57. The van der Waals surface area contributed by atoms with Crippen molar-refractivity contribution < 1.29 is 9.53 Å². The largest absolute Gasteiger partial charge is 0.385 e. The van der Waals surface area contributed by atoms with Crippen molar-refractivity contribution in [2.24, 2.45) is 29.1 Å². The molecule has 3 aliphatic carbocycles. The van der Waals surface area contributed by atoms with Gasteiger partial charge in [-0.15, -0.1) is 0 Å². The van der Waals surface area contributed by atoms with E-state index in [2.05, 4.69) is 13.8 Å². The van der Waals surface area contributed by atoms with Crippen molar-refractivity contribution in [3.63, 3.8) is 0 Å². The summed E-state index contributed by atoms with van der Waals surface area (Å²) < 4.78 is 5.16. The molecule has 0 N–H and O–H groups in total. The van der Waals surface area contributed by atoms with Gasteiger partial charge in [0, 0.05) is 19.6 Å². The van der Waals surface area contributed by atoms with Gasteiger partial charge in [-0.2, -0.15) is 0 Å². The summed E-state index contributed by atoms with van der Waals surface area (Å²) in [5.41, 5.74) is 0.470. The van der Waals surface area contributed by atoms with E-state index in [4.69, 9.17) is 4.74 Å². The molecule has 3 aliphatic rings. The third-order valence-corrected chi connectivity index (χ3v) is 5.00. The van der Waals surface area contributed by atoms with Crippen LogP contribution in [0.4, 0.5) is 0 Å². The number of aldehydes is 1. The Morgan fingerprint density at radius 3 is 2.67 bits per heavy atom. The van der Waals surface area contributed by atoms with Crippen molar-refractivity contribution in [3.05, 3.63) is 0 Å². The average Bonchev–Trinajstić information content (AvgIpc) is 2.25. The lowest BCUT2D eigenvalue weighted by molar-refractivity contribution is -0.149. The fourth-order valence-electron chi connectivity index (χ4n) is 3.81. The number of hydrogen-bond acceptors (Lipinski definition) is 2. The molecular weight excluding hydrogens is 188 g/mol. The number of fused-ring (bicyclic) bond motifs is 2. The second-order valence-corrected chi connectivity index (χ2v) is 5.84. The molecule has 4 atom stereocenters. The lowest BCUT2D eigenvalue weighted by Gasteiger charge is -2.62. The molecule has 3 fully saturated rings. The minimum atomic E-state index is 0.303. The van der Waals surface area contributed by atoms with Gasteiger partial charge in [-0.25, -0.2) is 0 Å². The Labute approximate surface area is 92.4 Å². The molecule has 2 nitrogen and oxygen atoms in total. The van der Waals surface area contributed by atoms with Crippen LogP contribution in [0, 0.1) is 29.1 Å². The summed E-state index contributed by atoms with van der Waals surface area (Å²) in [6.45, 7) is 5.53. The smallest absolute Gasteiger partial charge is 0.123 e. The minimum Gasteiger partial charge on any atom is -0.385 e. The summed E-state index contributed by atoms with van der Waals surface area (Å²) in [4.78, 5) is 11.1. The molecule has 0 radical (unpaired) electrons. The highest BCUT2D eigenvalue weighted by molar-refractivity contribution is 5.55. The van der Waals surface area contributed by atoms with Crippen LogP contribution in [0.1, 0.15) is 33.1 Å². The molecule has 0 heterocycles. The molecule has 3 rings (SSSR count). The fourth-order valence-corrected chi connectivity index (χ4v) is 3.81. The maximum Gasteiger partial charge on any atom is 0.123 e. The Bertz CT molecular complexity index is 247. The highest BCUT2D eigenvalue weighted by atomic mass is 16.5. The SMILES string of the molecule is COCC[C@H]1[C@H](C=O)C[C@@H]2C[C@H]1C2(C)C. The predicted molar refractivity (Wildman–Crippen MR) is 59.5 cm³/mol. The van der Waals surface area contributed by atoms with E-state index in [1.165, 1.54) is 12.7 Å². The number of carbonyl (C=O) groups is 1. The first-order valence-electron chi connectivity index (χ1n) is 6.05. The van der Waals surface area contributed by atoms with Gasteiger partial charge in [0.1, 0.15) is 6.29 Å². The fraction of sp³-hybridized carbons (Fsp3) is 0.923. The first-order chi connectivity index (χ1) is 7.11. The van der Waals surface area contributed by atoms with E-state index >= 15 is 0 Å². The van der Waals surface area contributed by atoms with Crippen LogP contribution in [0.15, 0.2) is 0 Å². The Morgan fingerprint density at radius 2 is 2.13 bits per heavy atom. The molecule has 0 aromatic rings. The van der Waals surface area contributed by atoms with Gasteiger partial charge in [0.2, 0.25) is 0 Å². The van der Waals surface area contributed by atoms with Crippen LogP contribution in [0.25, 0.3) is 0 Å². The summed E-state index contributed by atoms with van der Waals surface area (Å²) in [7, 11) is 1.74. The van der Waals surface area contributed by atoms with Gasteiger partial charge in [0.15, 0.2) is 0 Å². The topological polar surface area (TPSA) is 26.3 Å². The van der Waals surface area contributed by atoms with Crippen LogP contribution in [-0.4, -0.2) is 20.0 Å². The van der Waals surface area contributed by atoms with Crippen LogP contribution in [0.5, 0.6) is 0 Å². The summed E-state index contributed by atoms with van der Waals surface area (Å²) in [5, 5.41) is 0. The van der Waals surface area contributed by atoms with E-state index in [1.807, 2.05) is 0 Å². The van der Waals surface area contributed by atoms with E-state index < -0.39 is 0 Å². The normalized spacial score (nSPS) is 42.1. The Morgan fingerprint density at radius 1 is 1.40 bits per heavy atom. The number of ether oxygens (including phenoxy) is 1. The van der Waals surface area contributed by atoms with Crippen LogP contribution in [0.3, 0.4) is 0 Å². The Balaban J connectivity index is 2.06. The monoisotopic (exact) mass is 210 g/mol. The van der Waals surface area contributed by atoms with E-state index in [0.29, 0.717) is 17.3 Å². The zero-order chi connectivity index (χ0) is 11.1. The molecule has 2 heteroatoms. The second kappa shape index (κ2) is 3.89. The van der Waals surface area contributed by atoms with Gasteiger partial charge in [-0.05, 0) is 42.4 Å². The highest BCUT2D eigenvalue weighted by Crippen LogP contribution is 2.63. The lowest BCUT2D eigenvalue weighted by atomic mass is 9.43. The first kappa shape index (κ1) is 11.1. The third-order valence-electron chi connectivity index (χ3n) is 5.00. The van der Waals surface area contributed by atoms with Gasteiger partial charge < -0.3 is 9.53 Å². The van der Waals surface area contributed by atoms with Gasteiger partial charge in [-0.3, -0.25) is 0 Å². The quantitative estimate of drug-likeness (QED) is 0.666. The zero-order valence-electron chi connectivity index (χ0n) is 10.0. The molecule has 0 aliphatic heterocycles. The molecule has 15 heavy (non-hydrogen) atoms. The van der Waals surface area contributed by atoms with Crippen molar-refractivity contribution in [2.75, 3.05) is 13.7 Å². The van der Waals surface area contributed by atoms with Crippen molar-refractivity contribution in [2.45, 2.75) is 33.1 Å². The van der Waals surface area contributed by atoms with E-state index in [9.17, 15) is 4.79 Å². The number of hydrogen-bond donors (Lipinski definition) is 0. The summed E-state index contributed by atoms with van der Waals surface area (Å²) in [5.74, 6) is 2.41. The second-order valence-electron chi connectivity index (χ2n) is 5.84. The Kier molecular flexibility index (Phi) is 2.89. The Hall–Kier alpha value is -0.370. The van der Waals surface area contributed by atoms with Crippen molar-refractivity contribution in [3.8, 4) is 0 Å². The molecule has 2 bridgehead atoms. The summed E-state index contributed by atoms with van der Waals surface area (Å²) >= 11 is 0. The maximum atomic E-state index is 11.1. The average molecular weight is 210 g/mol. The van der Waals surface area contributed by atoms with Crippen LogP contribution in [0.2, 0.25) is 0 Å². The standard InChI is InChI=1S/C13H22O2/c1-13(2)10-6-9(8-14)11(4-5-15-3)12(13)7-10/h8-12H,4-7H2,1-3H3/t9-,10+,11-,12+/m0/s1. The van der Waals surface area contributed by atoms with E-state index in [-0.39, 0.29) is 0 Å².